The van der Waals surface area contributed by atoms with Crippen LogP contribution in [0.5, 0.6) is 0 Å². The maximum absolute atomic E-state index is 15.2. The number of tetrazole rings is 1. The van der Waals surface area contributed by atoms with Crippen molar-refractivity contribution in [3.8, 4) is 16.8 Å². The zero-order chi connectivity index (χ0) is 27.1. The normalized spacial score (nSPS) is 16.3. The number of carbonyl (C=O) groups is 2. The van der Waals surface area contributed by atoms with E-state index in [1.54, 1.807) is 6.07 Å². The minimum atomic E-state index is -0.974. The van der Waals surface area contributed by atoms with E-state index < -0.39 is 35.8 Å². The van der Waals surface area contributed by atoms with Gasteiger partial charge in [-0.1, -0.05) is 30.1 Å². The number of Topliss-reactive ketones (excluding diaryl/α,β-unsaturated/α-hetero) is 1. The van der Waals surface area contributed by atoms with Crippen LogP contribution in [-0.2, 0) is 9.53 Å². The van der Waals surface area contributed by atoms with Crippen molar-refractivity contribution in [3.63, 3.8) is 0 Å². The number of anilines is 1. The van der Waals surface area contributed by atoms with Crippen molar-refractivity contribution in [2.75, 3.05) is 12.3 Å². The highest BCUT2D eigenvalue weighted by molar-refractivity contribution is 6.33. The Hall–Kier alpha value is -4.16. The summed E-state index contributed by atoms with van der Waals surface area (Å²) in [7, 11) is 0. The Bertz CT molecular complexity index is 1640. The molecule has 1 aliphatic heterocycles. The third-order valence-corrected chi connectivity index (χ3v) is 6.82. The summed E-state index contributed by atoms with van der Waals surface area (Å²) < 4.78 is 23.0. The highest BCUT2D eigenvalue weighted by atomic mass is 35.5. The molecule has 4 heterocycles. The lowest BCUT2D eigenvalue weighted by Gasteiger charge is -2.16. The number of nitrogens with two attached hydrogens (primary N) is 1. The van der Waals surface area contributed by atoms with Gasteiger partial charge in [-0.15, -0.1) is 5.10 Å². The number of ether oxygens (including phenoxy) is 1. The number of halogens is 3. The summed E-state index contributed by atoms with van der Waals surface area (Å²) in [4.78, 5) is 42.5. The van der Waals surface area contributed by atoms with Crippen molar-refractivity contribution >= 4 is 40.8 Å². The molecule has 0 fully saturated rings. The Labute approximate surface area is 223 Å². The summed E-state index contributed by atoms with van der Waals surface area (Å²) in [6.45, 7) is 1.23. The molecule has 14 heteroatoms. The monoisotopic (exact) mass is 557 g/mol. The average Bonchev–Trinajstić information content (AvgIpc) is 3.53. The number of nitrogen functional groups attached to an aromatic ring is 1. The molecule has 0 spiro atoms. The van der Waals surface area contributed by atoms with Gasteiger partial charge in [0.1, 0.15) is 23.3 Å². The molecule has 4 aromatic rings. The third kappa shape index (κ3) is 4.52. The molecular formula is C24H18Cl2FN7O4. The number of benzene rings is 1. The summed E-state index contributed by atoms with van der Waals surface area (Å²) in [6, 6.07) is 7.53. The number of rotatable bonds is 6. The molecule has 1 aliphatic rings. The molecule has 5 rings (SSSR count). The second kappa shape index (κ2) is 9.95. The number of esters is 1. The Kier molecular flexibility index (Phi) is 6.67. The van der Waals surface area contributed by atoms with Gasteiger partial charge in [0.2, 0.25) is 5.78 Å². The van der Waals surface area contributed by atoms with Gasteiger partial charge in [-0.2, -0.15) is 4.68 Å². The van der Waals surface area contributed by atoms with E-state index in [-0.39, 0.29) is 50.7 Å². The molecule has 3 aromatic heterocycles. The van der Waals surface area contributed by atoms with E-state index in [0.29, 0.717) is 5.69 Å². The van der Waals surface area contributed by atoms with Gasteiger partial charge >= 0.3 is 5.97 Å². The van der Waals surface area contributed by atoms with E-state index in [2.05, 4.69) is 20.5 Å². The molecule has 0 aliphatic carbocycles. The van der Waals surface area contributed by atoms with Crippen LogP contribution in [0.3, 0.4) is 0 Å². The number of hydrogen-bond donors (Lipinski definition) is 1. The first-order valence-corrected chi connectivity index (χ1v) is 12.0. The summed E-state index contributed by atoms with van der Waals surface area (Å²) in [5, 5.41) is 10.7. The maximum Gasteiger partial charge on any atom is 0.329 e. The fourth-order valence-electron chi connectivity index (χ4n) is 4.47. The van der Waals surface area contributed by atoms with Crippen LogP contribution in [0.25, 0.3) is 16.8 Å². The first-order valence-electron chi connectivity index (χ1n) is 11.3. The predicted octanol–water partition coefficient (Wildman–Crippen LogP) is 3.39. The standard InChI is InChI=1S/C24H18Cl2FN7O4/c1-11-6-17(24(37)38-9-18(35)13-2-5-19(28)30-23(13)26)34-16(11)7-12(8-20(34)36)21-15(33-10-29-31-32-33)4-3-14(25)22(21)27/h2-5,7-8,10-11,17H,6,9H2,1H3,(H2,28,30)/t11-,17-/m0/s1. The molecule has 11 nitrogen and oxygen atoms in total. The molecule has 0 unspecified atom stereocenters. The molecule has 0 bridgehead atoms. The Balaban J connectivity index is 1.45. The molecule has 2 N–H and O–H groups in total. The summed E-state index contributed by atoms with van der Waals surface area (Å²) >= 11 is 12.0. The van der Waals surface area contributed by atoms with E-state index >= 15 is 4.39 Å². The second-order valence-electron chi connectivity index (χ2n) is 8.64. The van der Waals surface area contributed by atoms with E-state index in [9.17, 15) is 14.4 Å². The van der Waals surface area contributed by atoms with Crippen LogP contribution in [0.15, 0.2) is 47.5 Å². The summed E-state index contributed by atoms with van der Waals surface area (Å²) in [5.41, 5.74) is 6.08. The van der Waals surface area contributed by atoms with Crippen LogP contribution >= 0.6 is 23.2 Å². The van der Waals surface area contributed by atoms with Crippen molar-refractivity contribution in [2.45, 2.75) is 25.3 Å². The average molecular weight is 558 g/mol. The van der Waals surface area contributed by atoms with Gasteiger partial charge in [0.05, 0.1) is 16.3 Å². The highest BCUT2D eigenvalue weighted by Crippen LogP contribution is 2.39. The van der Waals surface area contributed by atoms with Crippen LogP contribution in [0.1, 0.15) is 41.4 Å². The van der Waals surface area contributed by atoms with Crippen molar-refractivity contribution in [3.05, 3.63) is 80.3 Å². The van der Waals surface area contributed by atoms with Crippen LogP contribution < -0.4 is 11.3 Å². The van der Waals surface area contributed by atoms with E-state index in [1.165, 1.54) is 45.9 Å². The Morgan fingerprint density at radius 3 is 2.71 bits per heavy atom. The lowest BCUT2D eigenvalue weighted by atomic mass is 9.99. The SMILES string of the molecule is C[C@H]1C[C@@H](C(=O)OCC(=O)c2ccc(N)nc2Cl)n2c1cc(-c1c(-n3cnnn3)ccc(Cl)c1F)cc2=O. The zero-order valence-electron chi connectivity index (χ0n) is 19.6. The van der Waals surface area contributed by atoms with E-state index in [1.807, 2.05) is 6.92 Å². The Morgan fingerprint density at radius 2 is 2.00 bits per heavy atom. The van der Waals surface area contributed by atoms with Gasteiger partial charge < -0.3 is 10.5 Å². The molecule has 0 saturated heterocycles. The van der Waals surface area contributed by atoms with Gasteiger partial charge in [-0.3, -0.25) is 14.2 Å². The number of ketones is 1. The van der Waals surface area contributed by atoms with Crippen molar-refractivity contribution in [1.29, 1.82) is 0 Å². The molecule has 38 heavy (non-hydrogen) atoms. The maximum atomic E-state index is 15.2. The van der Waals surface area contributed by atoms with Gasteiger partial charge in [-0.25, -0.2) is 14.2 Å². The van der Waals surface area contributed by atoms with Crippen LogP contribution in [0.2, 0.25) is 10.2 Å². The zero-order valence-corrected chi connectivity index (χ0v) is 21.1. The van der Waals surface area contributed by atoms with Crippen molar-refractivity contribution in [1.82, 2.24) is 29.8 Å². The summed E-state index contributed by atoms with van der Waals surface area (Å²) in [6.07, 6.45) is 1.53. The number of pyridine rings is 2. The lowest BCUT2D eigenvalue weighted by molar-refractivity contribution is -0.146. The smallest absolute Gasteiger partial charge is 0.329 e. The van der Waals surface area contributed by atoms with Gasteiger partial charge in [0, 0.05) is 17.3 Å². The number of fused-ring (bicyclic) bond motifs is 1. The quantitative estimate of drug-likeness (QED) is 0.214. The minimum Gasteiger partial charge on any atom is -0.456 e. The highest BCUT2D eigenvalue weighted by Gasteiger charge is 2.36. The van der Waals surface area contributed by atoms with Crippen LogP contribution in [-0.4, -0.2) is 48.1 Å². The number of carbonyl (C=O) groups excluding carboxylic acids is 2. The fraction of sp³-hybridized carbons (Fsp3) is 0.208. The molecule has 1 aromatic carbocycles. The van der Waals surface area contributed by atoms with Crippen molar-refractivity contribution < 1.29 is 18.7 Å². The second-order valence-corrected chi connectivity index (χ2v) is 9.41. The topological polar surface area (TPSA) is 148 Å². The van der Waals surface area contributed by atoms with E-state index in [4.69, 9.17) is 33.7 Å². The summed E-state index contributed by atoms with van der Waals surface area (Å²) in [5.74, 6) is -2.20. The predicted molar refractivity (Wildman–Crippen MR) is 135 cm³/mol. The number of hydrogen-bond acceptors (Lipinski definition) is 9. The van der Waals surface area contributed by atoms with Gasteiger partial charge in [0.15, 0.2) is 12.4 Å². The molecule has 194 valence electrons. The molecule has 0 amide bonds. The number of aromatic nitrogens is 6. The fourth-order valence-corrected chi connectivity index (χ4v) is 4.89. The third-order valence-electron chi connectivity index (χ3n) is 6.24. The molecule has 2 atom stereocenters. The van der Waals surface area contributed by atoms with Crippen LogP contribution in [0.4, 0.5) is 10.2 Å². The minimum absolute atomic E-state index is 0.0307. The van der Waals surface area contributed by atoms with Gasteiger partial charge in [-0.05, 0) is 58.7 Å². The lowest BCUT2D eigenvalue weighted by Crippen LogP contribution is -2.29. The first kappa shape index (κ1) is 25.5. The van der Waals surface area contributed by atoms with Crippen molar-refractivity contribution in [2.24, 2.45) is 0 Å². The molecule has 0 saturated carbocycles. The Morgan fingerprint density at radius 1 is 1.21 bits per heavy atom. The first-order chi connectivity index (χ1) is 18.2. The van der Waals surface area contributed by atoms with Gasteiger partial charge in [0.25, 0.3) is 5.56 Å². The number of nitrogens with zero attached hydrogens (tertiary/aromatic N) is 6. The molecular weight excluding hydrogens is 540 g/mol. The largest absolute Gasteiger partial charge is 0.456 e. The van der Waals surface area contributed by atoms with E-state index in [0.717, 1.165) is 0 Å². The molecule has 0 radical (unpaired) electrons. The van der Waals surface area contributed by atoms with Crippen LogP contribution in [0, 0.1) is 5.82 Å².